The smallest absolute Gasteiger partial charge is 0.411 e. The molecule has 0 saturated carbocycles. The summed E-state index contributed by atoms with van der Waals surface area (Å²) in [4.78, 5) is 49.4. The van der Waals surface area contributed by atoms with E-state index in [9.17, 15) is 24.9 Å². The third kappa shape index (κ3) is 8.37. The number of phenols is 1. The molecule has 2 fully saturated rings. The number of carbonyl (C=O) groups excluding carboxylic acids is 3. The maximum atomic E-state index is 15.0. The number of ketones is 2. The second-order valence-electron chi connectivity index (χ2n) is 16.9. The highest BCUT2D eigenvalue weighted by molar-refractivity contribution is 6.16. The van der Waals surface area contributed by atoms with Crippen LogP contribution in [0.4, 0.5) is 4.79 Å². The first-order valence-corrected chi connectivity index (χ1v) is 20.7. The number of phenolic OH excluding ortho intramolecular Hbond substituents is 1. The fourth-order valence-corrected chi connectivity index (χ4v) is 8.85. The predicted molar refractivity (Wildman–Crippen MR) is 224 cm³/mol. The zero-order valence-corrected chi connectivity index (χ0v) is 35.4. The second kappa shape index (κ2) is 17.6. The lowest BCUT2D eigenvalue weighted by Crippen LogP contribution is -2.65. The number of ether oxygens (including phenoxy) is 5. The molecule has 2 bridgehead atoms. The zero-order chi connectivity index (χ0) is 43.8. The largest absolute Gasteiger partial charge is 0.508 e. The molecule has 3 aromatic rings. The highest BCUT2D eigenvalue weighted by atomic mass is 16.7. The lowest BCUT2D eigenvalue weighted by atomic mass is 9.70. The first-order valence-electron chi connectivity index (χ1n) is 20.7. The third-order valence-electron chi connectivity index (χ3n) is 12.3. The van der Waals surface area contributed by atoms with Crippen molar-refractivity contribution in [1.29, 1.82) is 0 Å². The Kier molecular flexibility index (Phi) is 12.6. The number of carbonyl (C=O) groups is 3. The van der Waals surface area contributed by atoms with E-state index in [1.54, 1.807) is 44.2 Å². The van der Waals surface area contributed by atoms with Crippen LogP contribution in [-0.2, 0) is 28.5 Å². The van der Waals surface area contributed by atoms with Gasteiger partial charge in [-0.1, -0.05) is 57.5 Å². The van der Waals surface area contributed by atoms with E-state index in [1.807, 2.05) is 6.92 Å². The van der Waals surface area contributed by atoms with Crippen LogP contribution >= 0.6 is 0 Å². The fraction of sp³-hybridized carbons (Fsp3) is 0.489. The summed E-state index contributed by atoms with van der Waals surface area (Å²) in [5, 5.41) is 38.8. The van der Waals surface area contributed by atoms with Gasteiger partial charge >= 0.3 is 6.09 Å². The van der Waals surface area contributed by atoms with Crippen LogP contribution < -0.4 is 5.32 Å². The summed E-state index contributed by atoms with van der Waals surface area (Å²) in [5.41, 5.74) is -2.54. The van der Waals surface area contributed by atoms with Crippen molar-refractivity contribution in [3.05, 3.63) is 71.2 Å². The molecule has 0 radical (unpaired) electrons. The Morgan fingerprint density at radius 1 is 1.15 bits per heavy atom. The van der Waals surface area contributed by atoms with Crippen LogP contribution in [0.5, 0.6) is 5.75 Å². The van der Waals surface area contributed by atoms with Crippen LogP contribution in [0.25, 0.3) is 21.8 Å². The van der Waals surface area contributed by atoms with Crippen molar-refractivity contribution in [3.8, 4) is 29.4 Å². The van der Waals surface area contributed by atoms with E-state index in [0.29, 0.717) is 47.2 Å². The van der Waals surface area contributed by atoms with Crippen molar-refractivity contribution in [3.63, 3.8) is 0 Å². The Hall–Kier alpha value is -5.32. The molecule has 2 aliphatic carbocycles. The minimum atomic E-state index is -1.98. The number of aromatic amines is 1. The molecule has 61 heavy (non-hydrogen) atoms. The van der Waals surface area contributed by atoms with Crippen molar-refractivity contribution in [1.82, 2.24) is 15.3 Å². The van der Waals surface area contributed by atoms with E-state index in [0.717, 1.165) is 13.5 Å². The Labute approximate surface area is 354 Å². The number of aliphatic hydroxyl groups is 2. The number of methoxy groups -OCH3 is 1. The molecular formula is C47H53N3O11. The van der Waals surface area contributed by atoms with Crippen LogP contribution in [0.1, 0.15) is 77.7 Å². The van der Waals surface area contributed by atoms with Gasteiger partial charge in [-0.2, -0.15) is 0 Å². The van der Waals surface area contributed by atoms with Gasteiger partial charge in [-0.15, -0.1) is 0 Å². The SMILES string of the molecule is CC/C=C1\C2=C(NC(=O)OC)C(=O)C[C@@]1(O)C#C/C=C\C#C[C@@H]2OC1OC(C)C(C)(C(=O)c2nccc3c2[nH]c2ccc(O)cc23)C(O)C1OC1CC(C)C(CC(C)C)CO1. The molecular weight excluding hydrogens is 783 g/mol. The summed E-state index contributed by atoms with van der Waals surface area (Å²) >= 11 is 0. The van der Waals surface area contributed by atoms with E-state index in [1.165, 1.54) is 18.3 Å². The van der Waals surface area contributed by atoms with Crippen molar-refractivity contribution in [2.75, 3.05) is 13.7 Å². The molecule has 10 atom stereocenters. The normalized spacial score (nSPS) is 32.6. The van der Waals surface area contributed by atoms with Gasteiger partial charge < -0.3 is 44.0 Å². The summed E-state index contributed by atoms with van der Waals surface area (Å²) in [6.07, 6.45) is -1.25. The van der Waals surface area contributed by atoms with Crippen molar-refractivity contribution in [2.45, 2.75) is 110 Å². The molecule has 2 aliphatic heterocycles. The summed E-state index contributed by atoms with van der Waals surface area (Å²) in [6, 6.07) is 6.59. The molecule has 14 heteroatoms. The van der Waals surface area contributed by atoms with Gasteiger partial charge in [-0.3, -0.25) is 19.9 Å². The number of aromatic nitrogens is 2. The summed E-state index contributed by atoms with van der Waals surface area (Å²) < 4.78 is 31.2. The first-order chi connectivity index (χ1) is 29.1. The maximum Gasteiger partial charge on any atom is 0.411 e. The minimum Gasteiger partial charge on any atom is -0.508 e. The minimum absolute atomic E-state index is 0.0248. The molecule has 322 valence electrons. The van der Waals surface area contributed by atoms with Crippen LogP contribution in [0.3, 0.4) is 0 Å². The number of nitrogens with one attached hydrogen (secondary N) is 2. The van der Waals surface area contributed by atoms with Gasteiger partial charge in [0.15, 0.2) is 29.7 Å². The van der Waals surface area contributed by atoms with Gasteiger partial charge in [0, 0.05) is 40.1 Å². The number of aromatic hydroxyl groups is 1. The van der Waals surface area contributed by atoms with Crippen LogP contribution in [-0.4, -0.2) is 99.3 Å². The van der Waals surface area contributed by atoms with E-state index in [4.69, 9.17) is 23.7 Å². The lowest BCUT2D eigenvalue weighted by Gasteiger charge is -2.50. The van der Waals surface area contributed by atoms with Crippen molar-refractivity contribution >= 4 is 39.5 Å². The molecule has 0 spiro atoms. The zero-order valence-electron chi connectivity index (χ0n) is 35.4. The quantitative estimate of drug-likeness (QED) is 0.123. The number of alkyl carbamates (subject to hydrolysis) is 1. The molecule has 1 amide bonds. The number of nitrogens with zero attached hydrogens (tertiary/aromatic N) is 1. The number of Topliss-reactive ketones (excluding diaryl/α,β-unsaturated/α-hetero) is 2. The van der Waals surface area contributed by atoms with Gasteiger partial charge in [0.1, 0.15) is 29.8 Å². The van der Waals surface area contributed by atoms with Crippen molar-refractivity contribution in [2.24, 2.45) is 23.2 Å². The summed E-state index contributed by atoms with van der Waals surface area (Å²) in [5.74, 6) is 11.2. The average Bonchev–Trinajstić information content (AvgIpc) is 3.59. The number of allylic oxidation sites excluding steroid dienone is 4. The number of hydrogen-bond donors (Lipinski definition) is 5. The molecule has 1 aromatic carbocycles. The molecule has 4 aliphatic rings. The van der Waals surface area contributed by atoms with Gasteiger partial charge in [0.2, 0.25) is 0 Å². The molecule has 2 saturated heterocycles. The van der Waals surface area contributed by atoms with E-state index >= 15 is 4.79 Å². The molecule has 14 nitrogen and oxygen atoms in total. The van der Waals surface area contributed by atoms with Gasteiger partial charge in [0.25, 0.3) is 0 Å². The fourth-order valence-electron chi connectivity index (χ4n) is 8.85. The molecule has 2 aromatic heterocycles. The number of hydrogen-bond acceptors (Lipinski definition) is 12. The Morgan fingerprint density at radius 3 is 2.64 bits per heavy atom. The highest BCUT2D eigenvalue weighted by Crippen LogP contribution is 2.45. The number of H-pyrrole nitrogens is 1. The van der Waals surface area contributed by atoms with Crippen LogP contribution in [0, 0.1) is 46.9 Å². The van der Waals surface area contributed by atoms with E-state index < -0.39 is 72.1 Å². The van der Waals surface area contributed by atoms with Crippen molar-refractivity contribution < 1.29 is 53.4 Å². The monoisotopic (exact) mass is 835 g/mol. The lowest BCUT2D eigenvalue weighted by molar-refractivity contribution is -0.339. The Bertz CT molecular complexity index is 2450. The second-order valence-corrected chi connectivity index (χ2v) is 16.9. The summed E-state index contributed by atoms with van der Waals surface area (Å²) in [6.45, 7) is 11.9. The predicted octanol–water partition coefficient (Wildman–Crippen LogP) is 5.76. The highest BCUT2D eigenvalue weighted by Gasteiger charge is 2.59. The van der Waals surface area contributed by atoms with Crippen LogP contribution in [0.15, 0.2) is 65.5 Å². The molecule has 7 rings (SSSR count). The number of rotatable bonds is 10. The number of fused-ring (bicyclic) bond motifs is 5. The van der Waals surface area contributed by atoms with Gasteiger partial charge in [0.05, 0.1) is 42.9 Å². The maximum absolute atomic E-state index is 15.0. The number of benzene rings is 1. The number of amides is 1. The van der Waals surface area contributed by atoms with Gasteiger partial charge in [-0.25, -0.2) is 4.79 Å². The standard InChI is InChI=1S/C47H53N3O11/c1-8-13-32-37-35(14-11-9-10-12-18-47(32,56)23-34(52)39(37)50-45(55)57-7)60-44-41(61-36-21-26(4)28(24-58-36)20-25(2)3)43(54)46(6,27(5)59-44)42(53)40-38-30(17-19-48-40)31-22-29(51)15-16-33(31)49-38/h9-10,13,15-17,19,22,25-28,35-36,41,43-44,49,51,54,56H,8,20-21,23-24H2,1-7H3,(H,50,55)/b10-9-,32-13+/t26?,27?,28?,35-,36?,41?,43?,44?,46?,47-/m0/s1. The third-order valence-corrected chi connectivity index (χ3v) is 12.3. The Balaban J connectivity index is 1.32. The number of aliphatic hydroxyl groups excluding tert-OH is 1. The van der Waals surface area contributed by atoms with Gasteiger partial charge in [-0.05, 0) is 80.9 Å². The summed E-state index contributed by atoms with van der Waals surface area (Å²) in [7, 11) is 1.15. The molecule has 4 heterocycles. The van der Waals surface area contributed by atoms with E-state index in [2.05, 4.69) is 59.7 Å². The van der Waals surface area contributed by atoms with Crippen LogP contribution in [0.2, 0.25) is 0 Å². The first kappa shape index (κ1) is 43.8. The Morgan fingerprint density at radius 2 is 1.92 bits per heavy atom. The average molecular weight is 836 g/mol. The topological polar surface area (TPSA) is 199 Å². The molecule has 8 unspecified atom stereocenters. The number of pyridine rings is 1. The molecule has 5 N–H and O–H groups in total. The van der Waals surface area contributed by atoms with E-state index in [-0.39, 0.29) is 40.1 Å².